The minimum absolute atomic E-state index is 0.241. The van der Waals surface area contributed by atoms with Crippen molar-refractivity contribution in [3.05, 3.63) is 30.0 Å². The number of aromatic nitrogens is 1. The molecule has 1 heterocycles. The number of nitrogens with one attached hydrogen (secondary N) is 1. The summed E-state index contributed by atoms with van der Waals surface area (Å²) in [4.78, 5) is 14.9. The van der Waals surface area contributed by atoms with Crippen molar-refractivity contribution in [2.75, 3.05) is 13.2 Å². The first-order valence-corrected chi connectivity index (χ1v) is 6.05. The van der Waals surface area contributed by atoms with Gasteiger partial charge in [0.25, 0.3) is 0 Å². The van der Waals surface area contributed by atoms with Gasteiger partial charge in [-0.1, -0.05) is 12.1 Å². The van der Waals surface area contributed by atoms with Gasteiger partial charge in [0.1, 0.15) is 6.61 Å². The molecule has 0 saturated carbocycles. The molecule has 0 bridgehead atoms. The van der Waals surface area contributed by atoms with Crippen molar-refractivity contribution in [2.45, 2.75) is 13.3 Å². The average Bonchev–Trinajstić information content (AvgIpc) is 2.79. The zero-order valence-electron chi connectivity index (χ0n) is 10.6. The Morgan fingerprint density at radius 3 is 2.95 bits per heavy atom. The Labute approximate surface area is 110 Å². The van der Waals surface area contributed by atoms with Crippen molar-refractivity contribution in [1.29, 1.82) is 5.26 Å². The molecule has 0 amide bonds. The number of nitrogens with zero attached hydrogens (tertiary/aromatic N) is 1. The van der Waals surface area contributed by atoms with E-state index in [2.05, 4.69) is 4.98 Å². The van der Waals surface area contributed by atoms with Crippen LogP contribution < -0.4 is 4.74 Å². The van der Waals surface area contributed by atoms with Crippen molar-refractivity contribution in [3.8, 4) is 11.8 Å². The lowest BCUT2D eigenvalue weighted by Gasteiger charge is -2.05. The minimum atomic E-state index is -0.453. The van der Waals surface area contributed by atoms with Gasteiger partial charge in [0, 0.05) is 10.9 Å². The third kappa shape index (κ3) is 2.68. The Hall–Kier alpha value is -2.48. The number of fused-ring (bicyclic) bond motifs is 1. The van der Waals surface area contributed by atoms with Crippen LogP contribution in [-0.2, 0) is 4.74 Å². The lowest BCUT2D eigenvalue weighted by atomic mass is 10.2. The number of H-pyrrole nitrogens is 1. The van der Waals surface area contributed by atoms with E-state index >= 15 is 0 Å². The molecule has 5 nitrogen and oxygen atoms in total. The summed E-state index contributed by atoms with van der Waals surface area (Å²) in [5.41, 5.74) is 1.10. The summed E-state index contributed by atoms with van der Waals surface area (Å²) in [6.45, 7) is 2.29. The fourth-order valence-corrected chi connectivity index (χ4v) is 1.81. The number of carbonyl (C=O) groups is 1. The Bertz CT molecular complexity index is 625. The monoisotopic (exact) mass is 258 g/mol. The number of esters is 1. The number of hydrogen-bond donors (Lipinski definition) is 1. The second-order valence-corrected chi connectivity index (χ2v) is 3.85. The number of para-hydroxylation sites is 1. The van der Waals surface area contributed by atoms with Crippen molar-refractivity contribution in [2.24, 2.45) is 0 Å². The molecule has 0 fully saturated rings. The van der Waals surface area contributed by atoms with Gasteiger partial charge in [0.05, 0.1) is 19.1 Å². The number of rotatable bonds is 5. The number of hydrogen-bond acceptors (Lipinski definition) is 4. The molecule has 0 aliphatic rings. The molecule has 2 rings (SSSR count). The lowest BCUT2D eigenvalue weighted by Crippen LogP contribution is -2.08. The molecular weight excluding hydrogens is 244 g/mol. The first-order chi connectivity index (χ1) is 9.27. The fourth-order valence-electron chi connectivity index (χ4n) is 1.81. The molecule has 98 valence electrons. The normalized spacial score (nSPS) is 10.1. The summed E-state index contributed by atoms with van der Waals surface area (Å²) >= 11 is 0. The molecule has 2 aromatic rings. The number of aromatic amines is 1. The highest BCUT2D eigenvalue weighted by Crippen LogP contribution is 2.30. The molecule has 0 aliphatic carbocycles. The van der Waals surface area contributed by atoms with Crippen molar-refractivity contribution in [1.82, 2.24) is 4.98 Å². The van der Waals surface area contributed by atoms with Gasteiger partial charge < -0.3 is 14.5 Å². The van der Waals surface area contributed by atoms with Crippen LogP contribution in [0.3, 0.4) is 0 Å². The molecular formula is C14H14N2O3. The molecule has 19 heavy (non-hydrogen) atoms. The summed E-state index contributed by atoms with van der Waals surface area (Å²) in [7, 11) is 0. The third-order valence-corrected chi connectivity index (χ3v) is 2.60. The second-order valence-electron chi connectivity index (χ2n) is 3.85. The van der Waals surface area contributed by atoms with E-state index in [1.807, 2.05) is 30.3 Å². The zero-order chi connectivity index (χ0) is 13.7. The maximum absolute atomic E-state index is 11.9. The molecule has 0 unspecified atom stereocenters. The molecule has 0 radical (unpaired) electrons. The minimum Gasteiger partial charge on any atom is -0.489 e. The van der Waals surface area contributed by atoms with Crippen LogP contribution in [0.25, 0.3) is 10.9 Å². The first-order valence-electron chi connectivity index (χ1n) is 6.05. The Kier molecular flexibility index (Phi) is 4.04. The van der Waals surface area contributed by atoms with Crippen LogP contribution >= 0.6 is 0 Å². The van der Waals surface area contributed by atoms with Crippen molar-refractivity contribution >= 4 is 16.9 Å². The van der Waals surface area contributed by atoms with E-state index in [-0.39, 0.29) is 13.0 Å². The molecule has 0 spiro atoms. The van der Waals surface area contributed by atoms with Gasteiger partial charge in [-0.05, 0) is 19.1 Å². The highest BCUT2D eigenvalue weighted by molar-refractivity contribution is 6.00. The molecule has 1 aromatic heterocycles. The predicted octanol–water partition coefficient (Wildman–Crippen LogP) is 2.64. The summed E-state index contributed by atoms with van der Waals surface area (Å²) < 4.78 is 10.5. The highest BCUT2D eigenvalue weighted by atomic mass is 16.5. The fraction of sp³-hybridized carbons (Fsp3) is 0.286. The van der Waals surface area contributed by atoms with Gasteiger partial charge in [-0.15, -0.1) is 0 Å². The Morgan fingerprint density at radius 2 is 2.21 bits per heavy atom. The van der Waals surface area contributed by atoms with Gasteiger partial charge >= 0.3 is 5.97 Å². The largest absolute Gasteiger partial charge is 0.489 e. The first kappa shape index (κ1) is 13.0. The van der Waals surface area contributed by atoms with Crippen LogP contribution in [0, 0.1) is 11.3 Å². The van der Waals surface area contributed by atoms with Gasteiger partial charge in [0.2, 0.25) is 0 Å². The van der Waals surface area contributed by atoms with Crippen LogP contribution in [0.4, 0.5) is 0 Å². The quantitative estimate of drug-likeness (QED) is 0.660. The van der Waals surface area contributed by atoms with E-state index in [0.29, 0.717) is 18.1 Å². The zero-order valence-corrected chi connectivity index (χ0v) is 10.6. The molecule has 0 saturated heterocycles. The van der Waals surface area contributed by atoms with Gasteiger partial charge in [0.15, 0.2) is 11.4 Å². The number of nitriles is 1. The van der Waals surface area contributed by atoms with Crippen LogP contribution in [-0.4, -0.2) is 24.2 Å². The number of benzene rings is 1. The van der Waals surface area contributed by atoms with E-state index in [9.17, 15) is 4.79 Å². The van der Waals surface area contributed by atoms with E-state index in [1.165, 1.54) is 0 Å². The van der Waals surface area contributed by atoms with Gasteiger partial charge in [-0.3, -0.25) is 0 Å². The standard InChI is InChI=1S/C14H14N2O3/c1-2-18-14(17)12-13(19-9-5-8-15)10-6-3-4-7-11(10)16-12/h3-4,6-7,16H,2,5,9H2,1H3. The van der Waals surface area contributed by atoms with Crippen molar-refractivity contribution in [3.63, 3.8) is 0 Å². The highest BCUT2D eigenvalue weighted by Gasteiger charge is 2.19. The summed E-state index contributed by atoms with van der Waals surface area (Å²) in [6.07, 6.45) is 0.266. The molecule has 0 aliphatic heterocycles. The van der Waals surface area contributed by atoms with Gasteiger partial charge in [-0.2, -0.15) is 5.26 Å². The van der Waals surface area contributed by atoms with Gasteiger partial charge in [-0.25, -0.2) is 4.79 Å². The lowest BCUT2D eigenvalue weighted by molar-refractivity contribution is 0.0516. The molecule has 1 aromatic carbocycles. The summed E-state index contributed by atoms with van der Waals surface area (Å²) in [5.74, 6) is -0.00467. The molecule has 5 heteroatoms. The average molecular weight is 258 g/mol. The maximum Gasteiger partial charge on any atom is 0.358 e. The van der Waals surface area contributed by atoms with Crippen LogP contribution in [0.1, 0.15) is 23.8 Å². The van der Waals surface area contributed by atoms with E-state index in [1.54, 1.807) is 6.92 Å². The summed E-state index contributed by atoms with van der Waals surface area (Å²) in [6, 6.07) is 9.45. The SMILES string of the molecule is CCOC(=O)c1[nH]c2ccccc2c1OCCC#N. The Morgan fingerprint density at radius 1 is 1.42 bits per heavy atom. The third-order valence-electron chi connectivity index (χ3n) is 2.60. The number of carbonyl (C=O) groups excluding carboxylic acids is 1. The topological polar surface area (TPSA) is 75.1 Å². The van der Waals surface area contributed by atoms with Crippen LogP contribution in [0.5, 0.6) is 5.75 Å². The summed E-state index contributed by atoms with van der Waals surface area (Å²) in [5, 5.41) is 9.35. The predicted molar refractivity (Wildman–Crippen MR) is 70.0 cm³/mol. The Balaban J connectivity index is 2.40. The second kappa shape index (κ2) is 5.91. The molecule has 0 atom stereocenters. The van der Waals surface area contributed by atoms with E-state index < -0.39 is 5.97 Å². The molecule has 1 N–H and O–H groups in total. The maximum atomic E-state index is 11.9. The van der Waals surface area contributed by atoms with Crippen LogP contribution in [0.2, 0.25) is 0 Å². The van der Waals surface area contributed by atoms with E-state index in [0.717, 1.165) is 10.9 Å². The number of ether oxygens (including phenoxy) is 2. The van der Waals surface area contributed by atoms with Crippen LogP contribution in [0.15, 0.2) is 24.3 Å². The smallest absolute Gasteiger partial charge is 0.358 e. The van der Waals surface area contributed by atoms with E-state index in [4.69, 9.17) is 14.7 Å². The van der Waals surface area contributed by atoms with Crippen molar-refractivity contribution < 1.29 is 14.3 Å².